The van der Waals surface area contributed by atoms with Crippen molar-refractivity contribution in [2.75, 3.05) is 19.6 Å². The summed E-state index contributed by atoms with van der Waals surface area (Å²) in [7, 11) is 0. The Balaban J connectivity index is 1.95. The van der Waals surface area contributed by atoms with E-state index in [1.54, 1.807) is 0 Å². The molecule has 1 aliphatic rings. The van der Waals surface area contributed by atoms with Crippen molar-refractivity contribution in [3.8, 4) is 0 Å². The minimum Gasteiger partial charge on any atom is -0.341 e. The van der Waals surface area contributed by atoms with Gasteiger partial charge in [-0.3, -0.25) is 4.79 Å². The fraction of sp³-hybridized carbons (Fsp3) is 0.588. The van der Waals surface area contributed by atoms with Crippen LogP contribution < -0.4 is 5.32 Å². The van der Waals surface area contributed by atoms with E-state index in [4.69, 9.17) is 0 Å². The van der Waals surface area contributed by atoms with E-state index in [9.17, 15) is 4.79 Å². The molecule has 3 heteroatoms. The molecule has 0 aliphatic carbocycles. The number of carbonyl (C=O) groups excluding carboxylic acids is 1. The second-order valence-corrected chi connectivity index (χ2v) is 6.15. The average Bonchev–Trinajstić information content (AvgIpc) is 2.91. The van der Waals surface area contributed by atoms with E-state index >= 15 is 0 Å². The summed E-state index contributed by atoms with van der Waals surface area (Å²) in [4.78, 5) is 14.6. The van der Waals surface area contributed by atoms with Crippen LogP contribution in [0.3, 0.4) is 0 Å². The van der Waals surface area contributed by atoms with Crippen LogP contribution in [-0.4, -0.2) is 36.5 Å². The Kier molecular flexibility index (Phi) is 5.60. The molecule has 1 fully saturated rings. The molecule has 0 saturated carbocycles. The van der Waals surface area contributed by atoms with Crippen molar-refractivity contribution in [1.82, 2.24) is 10.2 Å². The van der Waals surface area contributed by atoms with E-state index in [1.165, 1.54) is 12.8 Å². The van der Waals surface area contributed by atoms with Crippen molar-refractivity contribution in [3.05, 3.63) is 35.9 Å². The van der Waals surface area contributed by atoms with Crippen LogP contribution in [0.2, 0.25) is 0 Å². The summed E-state index contributed by atoms with van der Waals surface area (Å²) < 4.78 is 0. The molecule has 20 heavy (non-hydrogen) atoms. The van der Waals surface area contributed by atoms with Crippen LogP contribution >= 0.6 is 0 Å². The minimum atomic E-state index is 0.249. The molecule has 1 amide bonds. The monoisotopic (exact) mass is 274 g/mol. The van der Waals surface area contributed by atoms with E-state index in [-0.39, 0.29) is 5.91 Å². The zero-order valence-electron chi connectivity index (χ0n) is 12.6. The maximum absolute atomic E-state index is 12.5. The van der Waals surface area contributed by atoms with Crippen LogP contribution in [0.4, 0.5) is 0 Å². The van der Waals surface area contributed by atoms with Crippen molar-refractivity contribution >= 4 is 5.91 Å². The van der Waals surface area contributed by atoms with Gasteiger partial charge < -0.3 is 10.2 Å². The number of nitrogens with one attached hydrogen (secondary N) is 1. The van der Waals surface area contributed by atoms with E-state index in [0.717, 1.165) is 25.2 Å². The molecule has 1 saturated heterocycles. The molecule has 110 valence electrons. The van der Waals surface area contributed by atoms with Gasteiger partial charge in [-0.05, 0) is 30.9 Å². The second kappa shape index (κ2) is 7.44. The lowest BCUT2D eigenvalue weighted by Gasteiger charge is -2.27. The van der Waals surface area contributed by atoms with Gasteiger partial charge in [-0.25, -0.2) is 0 Å². The number of carbonyl (C=O) groups is 1. The van der Waals surface area contributed by atoms with Crippen molar-refractivity contribution in [3.63, 3.8) is 0 Å². The van der Waals surface area contributed by atoms with Gasteiger partial charge in [0.2, 0.25) is 5.91 Å². The lowest BCUT2D eigenvalue weighted by Crippen LogP contribution is -2.43. The lowest BCUT2D eigenvalue weighted by molar-refractivity contribution is -0.131. The highest BCUT2D eigenvalue weighted by atomic mass is 16.2. The predicted octanol–water partition coefficient (Wildman–Crippen LogP) is 2.47. The summed E-state index contributed by atoms with van der Waals surface area (Å²) in [5.74, 6) is 0.759. The molecule has 1 N–H and O–H groups in total. The van der Waals surface area contributed by atoms with Gasteiger partial charge >= 0.3 is 0 Å². The van der Waals surface area contributed by atoms with Crippen LogP contribution in [0.25, 0.3) is 0 Å². The van der Waals surface area contributed by atoms with Crippen molar-refractivity contribution in [2.24, 2.45) is 5.92 Å². The Morgan fingerprint density at radius 2 is 2.10 bits per heavy atom. The lowest BCUT2D eigenvalue weighted by atomic mass is 10.1. The Bertz CT molecular complexity index is 410. The van der Waals surface area contributed by atoms with Gasteiger partial charge in [-0.2, -0.15) is 0 Å². The van der Waals surface area contributed by atoms with E-state index in [0.29, 0.717) is 18.4 Å². The maximum atomic E-state index is 12.5. The molecule has 0 spiro atoms. The first-order valence-corrected chi connectivity index (χ1v) is 7.70. The van der Waals surface area contributed by atoms with Crippen LogP contribution in [0.15, 0.2) is 30.3 Å². The summed E-state index contributed by atoms with van der Waals surface area (Å²) in [5.41, 5.74) is 1.10. The number of benzene rings is 1. The fourth-order valence-corrected chi connectivity index (χ4v) is 2.78. The molecule has 0 radical (unpaired) electrons. The number of hydrogen-bond donors (Lipinski definition) is 1. The summed E-state index contributed by atoms with van der Waals surface area (Å²) in [5, 5.41) is 3.49. The van der Waals surface area contributed by atoms with Crippen LogP contribution in [0.1, 0.15) is 32.3 Å². The Hall–Kier alpha value is -1.35. The normalized spacial score (nSPS) is 18.4. The Morgan fingerprint density at radius 3 is 2.70 bits per heavy atom. The topological polar surface area (TPSA) is 32.3 Å². The van der Waals surface area contributed by atoms with Crippen LogP contribution in [0, 0.1) is 5.92 Å². The van der Waals surface area contributed by atoms with Crippen molar-refractivity contribution in [2.45, 2.75) is 39.2 Å². The highest BCUT2D eigenvalue weighted by Gasteiger charge is 2.22. The average molecular weight is 274 g/mol. The first-order chi connectivity index (χ1) is 9.65. The number of hydrogen-bond acceptors (Lipinski definition) is 2. The summed E-state index contributed by atoms with van der Waals surface area (Å²) in [6, 6.07) is 10.5. The molecule has 1 aliphatic heterocycles. The zero-order chi connectivity index (χ0) is 14.4. The molecular weight excluding hydrogens is 248 g/mol. The molecular formula is C17H26N2O. The smallest absolute Gasteiger partial charge is 0.227 e. The first-order valence-electron chi connectivity index (χ1n) is 7.70. The number of nitrogens with zero attached hydrogens (tertiary/aromatic N) is 1. The van der Waals surface area contributed by atoms with Gasteiger partial charge in [0.1, 0.15) is 0 Å². The second-order valence-electron chi connectivity index (χ2n) is 6.15. The summed E-state index contributed by atoms with van der Waals surface area (Å²) in [6.07, 6.45) is 2.93. The molecule has 1 unspecified atom stereocenters. The molecule has 1 aromatic carbocycles. The first kappa shape index (κ1) is 15.0. The Morgan fingerprint density at radius 1 is 1.35 bits per heavy atom. The third-order valence-electron chi connectivity index (χ3n) is 3.74. The van der Waals surface area contributed by atoms with Gasteiger partial charge in [0.25, 0.3) is 0 Å². The quantitative estimate of drug-likeness (QED) is 0.864. The fourth-order valence-electron chi connectivity index (χ4n) is 2.78. The van der Waals surface area contributed by atoms with Crippen molar-refractivity contribution in [1.29, 1.82) is 0 Å². The third kappa shape index (κ3) is 4.64. The van der Waals surface area contributed by atoms with Gasteiger partial charge in [0.05, 0.1) is 6.42 Å². The SMILES string of the molecule is CC(C)CN(CC1CCCN1)C(=O)Cc1ccccc1. The molecule has 0 bridgehead atoms. The largest absolute Gasteiger partial charge is 0.341 e. The van der Waals surface area contributed by atoms with E-state index < -0.39 is 0 Å². The molecule has 2 rings (SSSR count). The van der Waals surface area contributed by atoms with Crippen LogP contribution in [0.5, 0.6) is 0 Å². The number of amides is 1. The maximum Gasteiger partial charge on any atom is 0.227 e. The molecule has 1 aromatic rings. The molecule has 3 nitrogen and oxygen atoms in total. The molecule has 1 heterocycles. The number of rotatable bonds is 6. The van der Waals surface area contributed by atoms with Gasteiger partial charge in [-0.15, -0.1) is 0 Å². The highest BCUT2D eigenvalue weighted by molar-refractivity contribution is 5.78. The van der Waals surface area contributed by atoms with Crippen molar-refractivity contribution < 1.29 is 4.79 Å². The van der Waals surface area contributed by atoms with Gasteiger partial charge in [-0.1, -0.05) is 44.2 Å². The third-order valence-corrected chi connectivity index (χ3v) is 3.74. The zero-order valence-corrected chi connectivity index (χ0v) is 12.6. The van der Waals surface area contributed by atoms with Crippen LogP contribution in [-0.2, 0) is 11.2 Å². The minimum absolute atomic E-state index is 0.249. The highest BCUT2D eigenvalue weighted by Crippen LogP contribution is 2.11. The van der Waals surface area contributed by atoms with E-state index in [2.05, 4.69) is 19.2 Å². The molecule has 0 aromatic heterocycles. The summed E-state index contributed by atoms with van der Waals surface area (Å²) >= 11 is 0. The van der Waals surface area contributed by atoms with E-state index in [1.807, 2.05) is 35.2 Å². The Labute approximate surface area is 122 Å². The van der Waals surface area contributed by atoms with Gasteiger partial charge in [0, 0.05) is 19.1 Å². The molecule has 1 atom stereocenters. The van der Waals surface area contributed by atoms with Gasteiger partial charge in [0.15, 0.2) is 0 Å². The predicted molar refractivity (Wildman–Crippen MR) is 82.6 cm³/mol. The summed E-state index contributed by atoms with van der Waals surface area (Å²) in [6.45, 7) is 7.14. The standard InChI is InChI=1S/C17H26N2O/c1-14(2)12-19(13-16-9-6-10-18-16)17(20)11-15-7-4-3-5-8-15/h3-5,7-8,14,16,18H,6,9-13H2,1-2H3.